The summed E-state index contributed by atoms with van der Waals surface area (Å²) in [6, 6.07) is -0.865. The minimum atomic E-state index is -0.898. The molecule has 1 unspecified atom stereocenters. The molecule has 6 nitrogen and oxygen atoms in total. The lowest BCUT2D eigenvalue weighted by Gasteiger charge is -2.23. The van der Waals surface area contributed by atoms with Gasteiger partial charge in [-0.3, -0.25) is 0 Å². The molecule has 19 heavy (non-hydrogen) atoms. The smallest absolute Gasteiger partial charge is 0.326 e. The Hall–Kier alpha value is -1.30. The second-order valence-corrected chi connectivity index (χ2v) is 5.42. The van der Waals surface area contributed by atoms with Gasteiger partial charge in [0.15, 0.2) is 0 Å². The van der Waals surface area contributed by atoms with Crippen LogP contribution < -0.4 is 5.32 Å². The Morgan fingerprint density at radius 2 is 2.11 bits per heavy atom. The maximum Gasteiger partial charge on any atom is 0.326 e. The van der Waals surface area contributed by atoms with E-state index >= 15 is 0 Å². The highest BCUT2D eigenvalue weighted by molar-refractivity contribution is 5.83. The molecule has 6 heteroatoms. The standard InChI is InChI=1S/C13H23N3O3/c1-2-15-7-5-10(9-15)8-14-13(19)16-6-3-4-11(16)12(17)18/h10-11H,2-9H2,1H3,(H,14,19)(H,17,18)/t10?,11-/m1/s1. The first-order chi connectivity index (χ1) is 9.11. The lowest BCUT2D eigenvalue weighted by atomic mass is 10.1. The molecule has 0 aromatic rings. The fourth-order valence-corrected chi connectivity index (χ4v) is 2.97. The molecule has 2 heterocycles. The fraction of sp³-hybridized carbons (Fsp3) is 0.846. The molecule has 2 aliphatic heterocycles. The third-order valence-corrected chi connectivity index (χ3v) is 4.16. The summed E-state index contributed by atoms with van der Waals surface area (Å²) in [5.74, 6) is -0.402. The molecule has 0 aliphatic carbocycles. The van der Waals surface area contributed by atoms with Gasteiger partial charge < -0.3 is 20.2 Å². The maximum atomic E-state index is 12.0. The molecular weight excluding hydrogens is 246 g/mol. The number of hydrogen-bond acceptors (Lipinski definition) is 3. The Balaban J connectivity index is 1.77. The van der Waals surface area contributed by atoms with Crippen LogP contribution in [-0.4, -0.2) is 65.7 Å². The van der Waals surface area contributed by atoms with E-state index in [2.05, 4.69) is 17.1 Å². The topological polar surface area (TPSA) is 72.9 Å². The van der Waals surface area contributed by atoms with E-state index in [4.69, 9.17) is 5.11 Å². The number of rotatable bonds is 4. The Morgan fingerprint density at radius 1 is 1.32 bits per heavy atom. The van der Waals surface area contributed by atoms with E-state index in [-0.39, 0.29) is 6.03 Å². The van der Waals surface area contributed by atoms with Crippen molar-refractivity contribution in [2.75, 3.05) is 32.7 Å². The molecule has 0 aromatic carbocycles. The zero-order valence-electron chi connectivity index (χ0n) is 11.5. The van der Waals surface area contributed by atoms with E-state index in [1.165, 1.54) is 4.90 Å². The van der Waals surface area contributed by atoms with Crippen molar-refractivity contribution in [3.63, 3.8) is 0 Å². The third kappa shape index (κ3) is 3.37. The average molecular weight is 269 g/mol. The molecule has 0 aromatic heterocycles. The quantitative estimate of drug-likeness (QED) is 0.783. The predicted molar refractivity (Wildman–Crippen MR) is 71.0 cm³/mol. The van der Waals surface area contributed by atoms with E-state index in [1.54, 1.807) is 0 Å². The Bertz CT molecular complexity index is 348. The summed E-state index contributed by atoms with van der Waals surface area (Å²) >= 11 is 0. The van der Waals surface area contributed by atoms with Gasteiger partial charge in [0.2, 0.25) is 0 Å². The summed E-state index contributed by atoms with van der Waals surface area (Å²) in [5.41, 5.74) is 0. The van der Waals surface area contributed by atoms with E-state index < -0.39 is 12.0 Å². The molecule has 0 saturated carbocycles. The summed E-state index contributed by atoms with van der Waals surface area (Å²) in [5, 5.41) is 11.9. The Labute approximate surface area is 113 Å². The number of hydrogen-bond donors (Lipinski definition) is 2. The highest BCUT2D eigenvalue weighted by Gasteiger charge is 2.34. The largest absolute Gasteiger partial charge is 0.480 e. The molecule has 2 N–H and O–H groups in total. The van der Waals surface area contributed by atoms with Crippen LogP contribution in [0, 0.1) is 5.92 Å². The van der Waals surface area contributed by atoms with Gasteiger partial charge in [-0.15, -0.1) is 0 Å². The molecule has 2 aliphatic rings. The van der Waals surface area contributed by atoms with E-state index in [0.717, 1.165) is 32.5 Å². The van der Waals surface area contributed by atoms with Crippen molar-refractivity contribution in [3.05, 3.63) is 0 Å². The number of nitrogens with one attached hydrogen (secondary N) is 1. The van der Waals surface area contributed by atoms with Gasteiger partial charge in [-0.2, -0.15) is 0 Å². The summed E-state index contributed by atoms with van der Waals surface area (Å²) < 4.78 is 0. The molecule has 0 bridgehead atoms. The monoisotopic (exact) mass is 269 g/mol. The zero-order valence-corrected chi connectivity index (χ0v) is 11.5. The number of carboxylic acid groups (broad SMARTS) is 1. The number of urea groups is 1. The summed E-state index contributed by atoms with van der Waals surface area (Å²) in [7, 11) is 0. The normalized spacial score (nSPS) is 27.7. The second-order valence-electron chi connectivity index (χ2n) is 5.42. The van der Waals surface area contributed by atoms with Crippen LogP contribution in [0.1, 0.15) is 26.2 Å². The summed E-state index contributed by atoms with van der Waals surface area (Å²) in [6.45, 7) is 6.52. The van der Waals surface area contributed by atoms with Gasteiger partial charge in [-0.05, 0) is 38.3 Å². The molecule has 2 saturated heterocycles. The van der Waals surface area contributed by atoms with E-state index in [9.17, 15) is 9.59 Å². The van der Waals surface area contributed by atoms with E-state index in [1.807, 2.05) is 0 Å². The van der Waals surface area contributed by atoms with Crippen LogP contribution in [0.2, 0.25) is 0 Å². The van der Waals surface area contributed by atoms with Crippen molar-refractivity contribution in [1.82, 2.24) is 15.1 Å². The van der Waals surface area contributed by atoms with Crippen LogP contribution in [0.15, 0.2) is 0 Å². The van der Waals surface area contributed by atoms with Gasteiger partial charge >= 0.3 is 12.0 Å². The predicted octanol–water partition coefficient (Wildman–Crippen LogP) is 0.587. The van der Waals surface area contributed by atoms with Crippen molar-refractivity contribution >= 4 is 12.0 Å². The van der Waals surface area contributed by atoms with Crippen molar-refractivity contribution in [1.29, 1.82) is 0 Å². The molecule has 2 amide bonds. The Kier molecular flexibility index (Phi) is 4.63. The number of carboxylic acids is 1. The maximum absolute atomic E-state index is 12.0. The molecule has 108 valence electrons. The van der Waals surface area contributed by atoms with Crippen LogP contribution in [0.5, 0.6) is 0 Å². The lowest BCUT2D eigenvalue weighted by molar-refractivity contribution is -0.141. The highest BCUT2D eigenvalue weighted by Crippen LogP contribution is 2.18. The number of aliphatic carboxylic acids is 1. The van der Waals surface area contributed by atoms with Crippen LogP contribution >= 0.6 is 0 Å². The number of nitrogens with zero attached hydrogens (tertiary/aromatic N) is 2. The van der Waals surface area contributed by atoms with E-state index in [0.29, 0.717) is 25.4 Å². The summed E-state index contributed by atoms with van der Waals surface area (Å²) in [4.78, 5) is 26.9. The van der Waals surface area contributed by atoms with Crippen molar-refractivity contribution < 1.29 is 14.7 Å². The van der Waals surface area contributed by atoms with Gasteiger partial charge in [0.05, 0.1) is 0 Å². The molecule has 0 spiro atoms. The van der Waals surface area contributed by atoms with Gasteiger partial charge in [-0.25, -0.2) is 9.59 Å². The zero-order chi connectivity index (χ0) is 13.8. The molecule has 2 rings (SSSR count). The van der Waals surface area contributed by atoms with Crippen molar-refractivity contribution in [2.45, 2.75) is 32.2 Å². The first-order valence-electron chi connectivity index (χ1n) is 7.11. The summed E-state index contributed by atoms with van der Waals surface area (Å²) in [6.07, 6.45) is 2.45. The van der Waals surface area contributed by atoms with Crippen LogP contribution in [0.3, 0.4) is 0 Å². The molecule has 0 radical (unpaired) electrons. The minimum Gasteiger partial charge on any atom is -0.480 e. The first-order valence-corrected chi connectivity index (χ1v) is 7.11. The lowest BCUT2D eigenvalue weighted by Crippen LogP contribution is -2.47. The van der Waals surface area contributed by atoms with Gasteiger partial charge in [0.1, 0.15) is 6.04 Å². The average Bonchev–Trinajstić information content (AvgIpc) is 3.04. The minimum absolute atomic E-state index is 0.222. The Morgan fingerprint density at radius 3 is 2.74 bits per heavy atom. The molecule has 2 fully saturated rings. The second kappa shape index (κ2) is 6.23. The third-order valence-electron chi connectivity index (χ3n) is 4.16. The molecular formula is C13H23N3O3. The first kappa shape index (κ1) is 14.1. The van der Waals surface area contributed by atoms with Crippen molar-refractivity contribution in [2.24, 2.45) is 5.92 Å². The van der Waals surface area contributed by atoms with Crippen molar-refractivity contribution in [3.8, 4) is 0 Å². The highest BCUT2D eigenvalue weighted by atomic mass is 16.4. The number of amides is 2. The fourth-order valence-electron chi connectivity index (χ4n) is 2.97. The van der Waals surface area contributed by atoms with Gasteiger partial charge in [0.25, 0.3) is 0 Å². The molecule has 2 atom stereocenters. The van der Waals surface area contributed by atoms with Crippen LogP contribution in [-0.2, 0) is 4.79 Å². The number of likely N-dealkylation sites (tertiary alicyclic amines) is 2. The van der Waals surface area contributed by atoms with Gasteiger partial charge in [0, 0.05) is 19.6 Å². The number of carbonyl (C=O) groups excluding carboxylic acids is 1. The number of carbonyl (C=O) groups is 2. The SMILES string of the molecule is CCN1CCC(CNC(=O)N2CCC[C@@H]2C(=O)O)C1. The van der Waals surface area contributed by atoms with Crippen LogP contribution in [0.4, 0.5) is 4.79 Å². The van der Waals surface area contributed by atoms with Crippen LogP contribution in [0.25, 0.3) is 0 Å². The van der Waals surface area contributed by atoms with Gasteiger partial charge in [-0.1, -0.05) is 6.92 Å².